The van der Waals surface area contributed by atoms with E-state index in [1.807, 2.05) is 25.1 Å². The van der Waals surface area contributed by atoms with Gasteiger partial charge in [0, 0.05) is 22.8 Å². The number of nitrogens with zero attached hydrogens (tertiary/aromatic N) is 3. The fourth-order valence-electron chi connectivity index (χ4n) is 3.97. The standard InChI is InChI=1S/C25H27ClN4O4/c1-5-6-13-30-15(2)21(22(27-25(30)31)16-7-10-18(26)11-8-16)24-28-23(29-34-24)17-9-12-19(32-3)20(14-17)33-4/h7-12,14,22H,5-6,13H2,1-4H3,(H,27,31). The number of unbranched alkanes of at least 4 members (excludes halogenated alkanes) is 1. The summed E-state index contributed by atoms with van der Waals surface area (Å²) < 4.78 is 16.4. The first-order valence-corrected chi connectivity index (χ1v) is 11.4. The number of allylic oxidation sites excluding steroid dienone is 1. The summed E-state index contributed by atoms with van der Waals surface area (Å²) in [5, 5.41) is 7.92. The van der Waals surface area contributed by atoms with Gasteiger partial charge in [-0.05, 0) is 49.2 Å². The Bertz CT molecular complexity index is 1210. The second kappa shape index (κ2) is 10.2. The van der Waals surface area contributed by atoms with Crippen molar-refractivity contribution in [3.63, 3.8) is 0 Å². The van der Waals surface area contributed by atoms with E-state index in [1.54, 1.807) is 43.4 Å². The average molecular weight is 483 g/mol. The van der Waals surface area contributed by atoms with Gasteiger partial charge in [-0.1, -0.05) is 42.2 Å². The second-order valence-corrected chi connectivity index (χ2v) is 8.37. The summed E-state index contributed by atoms with van der Waals surface area (Å²) >= 11 is 6.09. The fraction of sp³-hybridized carbons (Fsp3) is 0.320. The lowest BCUT2D eigenvalue weighted by atomic mass is 9.94. The molecular weight excluding hydrogens is 456 g/mol. The Morgan fingerprint density at radius 2 is 1.85 bits per heavy atom. The second-order valence-electron chi connectivity index (χ2n) is 7.93. The van der Waals surface area contributed by atoms with Crippen LogP contribution in [-0.2, 0) is 0 Å². The van der Waals surface area contributed by atoms with Crippen molar-refractivity contribution in [1.29, 1.82) is 0 Å². The lowest BCUT2D eigenvalue weighted by Crippen LogP contribution is -2.46. The van der Waals surface area contributed by atoms with E-state index in [2.05, 4.69) is 22.4 Å². The highest BCUT2D eigenvalue weighted by molar-refractivity contribution is 6.30. The zero-order chi connectivity index (χ0) is 24.2. The number of hydrogen-bond acceptors (Lipinski definition) is 6. The van der Waals surface area contributed by atoms with Gasteiger partial charge < -0.3 is 19.3 Å². The lowest BCUT2D eigenvalue weighted by Gasteiger charge is -2.35. The molecule has 0 saturated heterocycles. The van der Waals surface area contributed by atoms with Crippen LogP contribution in [0.5, 0.6) is 11.5 Å². The molecule has 2 heterocycles. The van der Waals surface area contributed by atoms with E-state index in [1.165, 1.54) is 0 Å². The van der Waals surface area contributed by atoms with Crippen LogP contribution in [-0.4, -0.2) is 41.8 Å². The van der Waals surface area contributed by atoms with E-state index in [9.17, 15) is 4.79 Å². The fourth-order valence-corrected chi connectivity index (χ4v) is 4.10. The highest BCUT2D eigenvalue weighted by atomic mass is 35.5. The Balaban J connectivity index is 1.78. The predicted octanol–water partition coefficient (Wildman–Crippen LogP) is 5.70. The number of carbonyl (C=O) groups excluding carboxylic acids is 1. The van der Waals surface area contributed by atoms with Crippen LogP contribution in [0.25, 0.3) is 17.0 Å². The molecule has 4 rings (SSSR count). The molecule has 178 valence electrons. The molecule has 3 aromatic rings. The van der Waals surface area contributed by atoms with Crippen molar-refractivity contribution in [3.05, 3.63) is 64.6 Å². The van der Waals surface area contributed by atoms with Crippen LogP contribution in [0.2, 0.25) is 5.02 Å². The number of amides is 2. The molecule has 8 nitrogen and oxygen atoms in total. The van der Waals surface area contributed by atoms with Gasteiger partial charge in [0.2, 0.25) is 5.82 Å². The van der Waals surface area contributed by atoms with Gasteiger partial charge in [-0.25, -0.2) is 4.79 Å². The third-order valence-corrected chi connectivity index (χ3v) is 6.09. The molecule has 1 aromatic heterocycles. The zero-order valence-corrected chi connectivity index (χ0v) is 20.3. The summed E-state index contributed by atoms with van der Waals surface area (Å²) in [6, 6.07) is 12.2. The van der Waals surface area contributed by atoms with E-state index in [4.69, 9.17) is 25.6 Å². The van der Waals surface area contributed by atoms with Crippen LogP contribution in [0.4, 0.5) is 4.79 Å². The van der Waals surface area contributed by atoms with E-state index < -0.39 is 6.04 Å². The van der Waals surface area contributed by atoms with E-state index in [-0.39, 0.29) is 6.03 Å². The highest BCUT2D eigenvalue weighted by Crippen LogP contribution is 2.38. The molecule has 0 spiro atoms. The molecule has 0 saturated carbocycles. The first kappa shape index (κ1) is 23.6. The maximum Gasteiger partial charge on any atom is 0.322 e. The van der Waals surface area contributed by atoms with Gasteiger partial charge in [-0.2, -0.15) is 4.98 Å². The van der Waals surface area contributed by atoms with Gasteiger partial charge in [0.1, 0.15) is 0 Å². The Morgan fingerprint density at radius 3 is 2.53 bits per heavy atom. The first-order chi connectivity index (χ1) is 16.5. The number of carbonyl (C=O) groups is 1. The van der Waals surface area contributed by atoms with Crippen molar-refractivity contribution in [2.24, 2.45) is 0 Å². The highest BCUT2D eigenvalue weighted by Gasteiger charge is 2.35. The molecule has 34 heavy (non-hydrogen) atoms. The van der Waals surface area contributed by atoms with Crippen LogP contribution in [0, 0.1) is 0 Å². The Morgan fingerprint density at radius 1 is 1.12 bits per heavy atom. The number of benzene rings is 2. The quantitative estimate of drug-likeness (QED) is 0.442. The average Bonchev–Trinajstić information content (AvgIpc) is 3.33. The number of halogens is 1. The van der Waals surface area contributed by atoms with Crippen molar-refractivity contribution >= 4 is 23.2 Å². The molecule has 1 N–H and O–H groups in total. The summed E-state index contributed by atoms with van der Waals surface area (Å²) in [6.07, 6.45) is 1.85. The number of rotatable bonds is 8. The summed E-state index contributed by atoms with van der Waals surface area (Å²) in [4.78, 5) is 19.4. The number of aromatic nitrogens is 2. The summed E-state index contributed by atoms with van der Waals surface area (Å²) in [5.41, 5.74) is 3.11. The molecule has 1 aliphatic rings. The zero-order valence-electron chi connectivity index (χ0n) is 19.6. The van der Waals surface area contributed by atoms with Gasteiger partial charge >= 0.3 is 6.03 Å². The first-order valence-electron chi connectivity index (χ1n) is 11.1. The molecule has 9 heteroatoms. The van der Waals surface area contributed by atoms with Crippen LogP contribution < -0.4 is 14.8 Å². The van der Waals surface area contributed by atoms with Crippen molar-refractivity contribution in [2.45, 2.75) is 32.7 Å². The number of urea groups is 1. The third-order valence-electron chi connectivity index (χ3n) is 5.83. The number of methoxy groups -OCH3 is 2. The molecule has 2 amide bonds. The minimum atomic E-state index is -0.457. The van der Waals surface area contributed by atoms with Crippen molar-refractivity contribution in [2.75, 3.05) is 20.8 Å². The molecule has 2 aromatic carbocycles. The van der Waals surface area contributed by atoms with Crippen LogP contribution in [0.3, 0.4) is 0 Å². The third kappa shape index (κ3) is 4.59. The minimum absolute atomic E-state index is 0.158. The summed E-state index contributed by atoms with van der Waals surface area (Å²) in [6.45, 7) is 4.60. The Kier molecular flexibility index (Phi) is 7.07. The molecule has 1 aliphatic heterocycles. The van der Waals surface area contributed by atoms with Gasteiger partial charge in [0.25, 0.3) is 5.89 Å². The molecule has 0 fully saturated rings. The van der Waals surface area contributed by atoms with Crippen LogP contribution >= 0.6 is 11.6 Å². The van der Waals surface area contributed by atoms with E-state index in [0.717, 1.165) is 35.2 Å². The molecule has 0 radical (unpaired) electrons. The smallest absolute Gasteiger partial charge is 0.322 e. The maximum absolute atomic E-state index is 13.0. The van der Waals surface area contributed by atoms with Crippen LogP contribution in [0.15, 0.2) is 52.7 Å². The van der Waals surface area contributed by atoms with Gasteiger partial charge in [0.05, 0.1) is 25.8 Å². The molecule has 1 unspecified atom stereocenters. The summed E-state index contributed by atoms with van der Waals surface area (Å²) in [5.74, 6) is 1.92. The lowest BCUT2D eigenvalue weighted by molar-refractivity contribution is 0.204. The van der Waals surface area contributed by atoms with E-state index in [0.29, 0.717) is 34.8 Å². The predicted molar refractivity (Wildman–Crippen MR) is 130 cm³/mol. The maximum atomic E-state index is 13.0. The van der Waals surface area contributed by atoms with Gasteiger partial charge in [-0.15, -0.1) is 0 Å². The minimum Gasteiger partial charge on any atom is -0.493 e. The van der Waals surface area contributed by atoms with Crippen molar-refractivity contribution in [3.8, 4) is 22.9 Å². The topological polar surface area (TPSA) is 89.7 Å². The number of hydrogen-bond donors (Lipinski definition) is 1. The summed E-state index contributed by atoms with van der Waals surface area (Å²) in [7, 11) is 3.15. The molecule has 0 aliphatic carbocycles. The van der Waals surface area contributed by atoms with Gasteiger partial charge in [-0.3, -0.25) is 4.90 Å². The number of ether oxygens (including phenoxy) is 2. The molecule has 0 bridgehead atoms. The van der Waals surface area contributed by atoms with Crippen molar-refractivity contribution in [1.82, 2.24) is 20.4 Å². The largest absolute Gasteiger partial charge is 0.493 e. The monoisotopic (exact) mass is 482 g/mol. The SMILES string of the molecule is CCCCN1C(=O)NC(c2ccc(Cl)cc2)C(c2nc(-c3ccc(OC)c(OC)c3)no2)=C1C. The Labute approximate surface area is 203 Å². The normalized spacial score (nSPS) is 16.0. The van der Waals surface area contributed by atoms with Crippen LogP contribution in [0.1, 0.15) is 44.2 Å². The Hall–Kier alpha value is -3.52. The van der Waals surface area contributed by atoms with Gasteiger partial charge in [0.15, 0.2) is 11.5 Å². The number of nitrogens with one attached hydrogen (secondary N) is 1. The molecular formula is C25H27ClN4O4. The van der Waals surface area contributed by atoms with Crippen molar-refractivity contribution < 1.29 is 18.8 Å². The molecule has 1 atom stereocenters. The van der Waals surface area contributed by atoms with E-state index >= 15 is 0 Å².